The summed E-state index contributed by atoms with van der Waals surface area (Å²) < 4.78 is 7.78. The Morgan fingerprint density at radius 3 is 2.78 bits per heavy atom. The summed E-state index contributed by atoms with van der Waals surface area (Å²) in [4.78, 5) is 21.9. The molecule has 1 aliphatic rings. The predicted octanol–water partition coefficient (Wildman–Crippen LogP) is 3.33. The fraction of sp³-hybridized carbons (Fsp3) is 0.391. The first-order valence-corrected chi connectivity index (χ1v) is 10.5. The van der Waals surface area contributed by atoms with Gasteiger partial charge in [0.25, 0.3) is 6.47 Å². The largest absolute Gasteiger partial charge is 0.496 e. The summed E-state index contributed by atoms with van der Waals surface area (Å²) in [7, 11) is 1.63. The van der Waals surface area contributed by atoms with Crippen molar-refractivity contribution < 1.29 is 19.7 Å². The van der Waals surface area contributed by atoms with E-state index in [0.29, 0.717) is 29.4 Å². The van der Waals surface area contributed by atoms with Crippen LogP contribution in [0.4, 0.5) is 5.82 Å². The maximum atomic E-state index is 9.59. The minimum Gasteiger partial charge on any atom is -0.496 e. The van der Waals surface area contributed by atoms with Crippen molar-refractivity contribution in [3.05, 3.63) is 42.4 Å². The molecule has 2 heterocycles. The quantitative estimate of drug-likeness (QED) is 0.515. The third-order valence-electron chi connectivity index (χ3n) is 5.78. The van der Waals surface area contributed by atoms with E-state index >= 15 is 0 Å². The molecule has 0 bridgehead atoms. The van der Waals surface area contributed by atoms with Crippen LogP contribution in [0.1, 0.15) is 37.3 Å². The first-order valence-electron chi connectivity index (χ1n) is 10.5. The number of carboxylic acid groups (broad SMARTS) is 1. The maximum absolute atomic E-state index is 9.59. The van der Waals surface area contributed by atoms with Gasteiger partial charge in [-0.05, 0) is 50.3 Å². The first kappa shape index (κ1) is 23.2. The minimum absolute atomic E-state index is 0.249. The molecule has 2 atom stereocenters. The second kappa shape index (κ2) is 10.7. The van der Waals surface area contributed by atoms with Gasteiger partial charge >= 0.3 is 0 Å². The first-order chi connectivity index (χ1) is 15.5. The molecule has 3 aromatic rings. The van der Waals surface area contributed by atoms with Crippen molar-refractivity contribution in [2.75, 3.05) is 19.5 Å². The minimum atomic E-state index is -0.250. The van der Waals surface area contributed by atoms with Gasteiger partial charge in [-0.2, -0.15) is 0 Å². The van der Waals surface area contributed by atoms with E-state index in [1.807, 2.05) is 37.5 Å². The number of nitrogens with two attached hydrogens (primary N) is 1. The molecule has 0 aliphatic heterocycles. The second-order valence-electron chi connectivity index (χ2n) is 7.81. The number of imidazole rings is 1. The topological polar surface area (TPSA) is 136 Å². The molecular weight excluding hydrogens is 410 g/mol. The molecule has 1 fully saturated rings. The van der Waals surface area contributed by atoms with Crippen molar-refractivity contribution in [2.45, 2.75) is 38.6 Å². The third-order valence-corrected chi connectivity index (χ3v) is 5.78. The highest BCUT2D eigenvalue weighted by atomic mass is 16.5. The molecule has 170 valence electrons. The van der Waals surface area contributed by atoms with Crippen LogP contribution in [0.25, 0.3) is 22.8 Å². The van der Waals surface area contributed by atoms with Gasteiger partial charge in [-0.25, -0.2) is 15.0 Å². The van der Waals surface area contributed by atoms with Gasteiger partial charge < -0.3 is 25.3 Å². The highest BCUT2D eigenvalue weighted by molar-refractivity contribution is 5.72. The molecule has 0 radical (unpaired) electrons. The molecule has 32 heavy (non-hydrogen) atoms. The standard InChI is InChI=1S/C22H27N5O2.CH2O2/c1-14-12-25-21(26-20(14)23)18-11-16(6-7-19(18)29-2)22-24-8-9-27(22)17-5-3-4-15(10-17)13-28;2-1-3/h6-9,11-12,15,17,28H,3-5,10,13H2,1-2H3,(H2,23,25,26);1H,(H,2,3)/t15-,17-;/m1./s1. The van der Waals surface area contributed by atoms with E-state index in [9.17, 15) is 5.11 Å². The zero-order valence-electron chi connectivity index (χ0n) is 18.3. The highest BCUT2D eigenvalue weighted by Gasteiger charge is 2.25. The number of rotatable bonds is 5. The summed E-state index contributed by atoms with van der Waals surface area (Å²) in [6, 6.07) is 6.27. The molecule has 9 nitrogen and oxygen atoms in total. The number of anilines is 1. The monoisotopic (exact) mass is 439 g/mol. The number of nitrogen functional groups attached to an aromatic ring is 1. The SMILES string of the molecule is COc1ccc(-c2nccn2[C@@H]2CCC[C@@H](CO)C2)cc1-c1ncc(C)c(N)n1.O=CO. The molecule has 4 N–H and O–H groups in total. The van der Waals surface area contributed by atoms with Crippen LogP contribution in [-0.2, 0) is 4.79 Å². The number of benzene rings is 1. The normalized spacial score (nSPS) is 17.8. The van der Waals surface area contributed by atoms with E-state index in [2.05, 4.69) is 19.5 Å². The maximum Gasteiger partial charge on any atom is 0.290 e. The Balaban J connectivity index is 0.000000913. The van der Waals surface area contributed by atoms with Crippen LogP contribution in [0, 0.1) is 12.8 Å². The molecule has 0 spiro atoms. The number of aromatic nitrogens is 4. The van der Waals surface area contributed by atoms with Gasteiger partial charge in [0.2, 0.25) is 0 Å². The number of nitrogens with zero attached hydrogens (tertiary/aromatic N) is 4. The van der Waals surface area contributed by atoms with E-state index in [4.69, 9.17) is 20.4 Å². The van der Waals surface area contributed by atoms with Crippen molar-refractivity contribution in [3.63, 3.8) is 0 Å². The van der Waals surface area contributed by atoms with Crippen LogP contribution >= 0.6 is 0 Å². The molecular formula is C23H29N5O4. The Kier molecular flexibility index (Phi) is 7.77. The van der Waals surface area contributed by atoms with Gasteiger partial charge in [0.05, 0.1) is 12.7 Å². The lowest BCUT2D eigenvalue weighted by atomic mass is 9.86. The van der Waals surface area contributed by atoms with Gasteiger partial charge in [-0.15, -0.1) is 0 Å². The fourth-order valence-corrected chi connectivity index (χ4v) is 4.12. The van der Waals surface area contributed by atoms with Gasteiger partial charge in [0.1, 0.15) is 17.4 Å². The summed E-state index contributed by atoms with van der Waals surface area (Å²) in [6.07, 6.45) is 9.88. The molecule has 2 aromatic heterocycles. The van der Waals surface area contributed by atoms with Crippen molar-refractivity contribution in [2.24, 2.45) is 5.92 Å². The average molecular weight is 440 g/mol. The van der Waals surface area contributed by atoms with Crippen molar-refractivity contribution in [1.82, 2.24) is 19.5 Å². The average Bonchev–Trinajstić information content (AvgIpc) is 3.31. The number of hydrogen-bond donors (Lipinski definition) is 3. The smallest absolute Gasteiger partial charge is 0.290 e. The predicted molar refractivity (Wildman–Crippen MR) is 121 cm³/mol. The van der Waals surface area contributed by atoms with E-state index in [1.165, 1.54) is 0 Å². The number of ether oxygens (including phenoxy) is 1. The summed E-state index contributed by atoms with van der Waals surface area (Å²) in [5.74, 6) is 2.94. The van der Waals surface area contributed by atoms with Crippen LogP contribution in [-0.4, -0.2) is 49.9 Å². The summed E-state index contributed by atoms with van der Waals surface area (Å²) in [5, 5.41) is 16.5. The summed E-state index contributed by atoms with van der Waals surface area (Å²) >= 11 is 0. The highest BCUT2D eigenvalue weighted by Crippen LogP contribution is 2.37. The van der Waals surface area contributed by atoms with Gasteiger partial charge in [-0.3, -0.25) is 4.79 Å². The molecule has 9 heteroatoms. The van der Waals surface area contributed by atoms with Crippen LogP contribution in [0.5, 0.6) is 5.75 Å². The Morgan fingerprint density at radius 1 is 1.31 bits per heavy atom. The zero-order valence-corrected chi connectivity index (χ0v) is 18.3. The number of aryl methyl sites for hydroxylation is 1. The second-order valence-corrected chi connectivity index (χ2v) is 7.81. The lowest BCUT2D eigenvalue weighted by Crippen LogP contribution is -2.21. The van der Waals surface area contributed by atoms with E-state index in [-0.39, 0.29) is 13.1 Å². The molecule has 0 unspecified atom stereocenters. The lowest BCUT2D eigenvalue weighted by Gasteiger charge is -2.30. The third kappa shape index (κ3) is 5.05. The molecule has 0 amide bonds. The van der Waals surface area contributed by atoms with Gasteiger partial charge in [0.15, 0.2) is 5.82 Å². The zero-order chi connectivity index (χ0) is 23.1. The number of hydrogen-bond acceptors (Lipinski definition) is 7. The van der Waals surface area contributed by atoms with E-state index in [0.717, 1.165) is 48.2 Å². The Labute approximate surface area is 186 Å². The summed E-state index contributed by atoms with van der Waals surface area (Å²) in [6.45, 7) is 1.88. The molecule has 1 aromatic carbocycles. The van der Waals surface area contributed by atoms with Crippen molar-refractivity contribution >= 4 is 12.3 Å². The van der Waals surface area contributed by atoms with Gasteiger partial charge in [-0.1, -0.05) is 6.42 Å². The lowest BCUT2D eigenvalue weighted by molar-refractivity contribution is -0.122. The van der Waals surface area contributed by atoms with Crippen molar-refractivity contribution in [1.29, 1.82) is 0 Å². The Morgan fingerprint density at radius 2 is 2.09 bits per heavy atom. The van der Waals surface area contributed by atoms with E-state index in [1.54, 1.807) is 13.3 Å². The number of aliphatic hydroxyl groups is 1. The van der Waals surface area contributed by atoms with Crippen LogP contribution in [0.15, 0.2) is 36.8 Å². The van der Waals surface area contributed by atoms with Gasteiger partial charge in [0, 0.05) is 42.4 Å². The van der Waals surface area contributed by atoms with E-state index < -0.39 is 0 Å². The Hall–Kier alpha value is -3.46. The van der Waals surface area contributed by atoms with Crippen LogP contribution in [0.2, 0.25) is 0 Å². The van der Waals surface area contributed by atoms with Crippen LogP contribution < -0.4 is 10.5 Å². The van der Waals surface area contributed by atoms with Crippen molar-refractivity contribution in [3.8, 4) is 28.5 Å². The number of methoxy groups -OCH3 is 1. The number of carbonyl (C=O) groups is 1. The van der Waals surface area contributed by atoms with Crippen LogP contribution in [0.3, 0.4) is 0 Å². The molecule has 1 aliphatic carbocycles. The molecule has 4 rings (SSSR count). The fourth-order valence-electron chi connectivity index (χ4n) is 4.12. The molecule has 1 saturated carbocycles. The summed E-state index contributed by atoms with van der Waals surface area (Å²) in [5.41, 5.74) is 8.60. The Bertz CT molecular complexity index is 1050. The number of aliphatic hydroxyl groups excluding tert-OH is 1. The molecule has 0 saturated heterocycles.